The topological polar surface area (TPSA) is 23.6 Å². The number of ketones is 1. The van der Waals surface area contributed by atoms with Gasteiger partial charge in [0.05, 0.1) is 0 Å². The minimum absolute atomic E-state index is 0.215. The molecule has 1 saturated carbocycles. The zero-order valence-corrected chi connectivity index (χ0v) is 16.4. The number of hydrogen-bond acceptors (Lipinski definition) is 3. The Hall–Kier alpha value is -0.410. The largest absolute Gasteiger partial charge is 0.301 e. The molecular formula is C21H40N2O. The average molecular weight is 337 g/mol. The molecule has 2 aliphatic rings. The fourth-order valence-corrected chi connectivity index (χ4v) is 4.49. The first-order chi connectivity index (χ1) is 11.6. The Bertz CT molecular complexity index is 353. The van der Waals surface area contributed by atoms with E-state index in [2.05, 4.69) is 30.6 Å². The molecule has 0 aromatic rings. The van der Waals surface area contributed by atoms with Crippen molar-refractivity contribution >= 4 is 5.78 Å². The molecule has 0 atom stereocenters. The first-order valence-electron chi connectivity index (χ1n) is 10.6. The molecule has 1 aliphatic heterocycles. The van der Waals surface area contributed by atoms with Crippen LogP contribution in [-0.4, -0.2) is 54.3 Å². The molecule has 24 heavy (non-hydrogen) atoms. The smallest absolute Gasteiger partial charge is 0.138 e. The van der Waals surface area contributed by atoms with Crippen LogP contribution in [0, 0.1) is 11.8 Å². The van der Waals surface area contributed by atoms with E-state index in [1.165, 1.54) is 77.7 Å². The first-order valence-corrected chi connectivity index (χ1v) is 10.6. The Morgan fingerprint density at radius 1 is 0.917 bits per heavy atom. The van der Waals surface area contributed by atoms with Crippen LogP contribution in [0.3, 0.4) is 0 Å². The second-order valence-corrected chi connectivity index (χ2v) is 8.35. The van der Waals surface area contributed by atoms with Gasteiger partial charge in [0.2, 0.25) is 0 Å². The number of unbranched alkanes of at least 4 members (excludes halogenated alkanes) is 4. The van der Waals surface area contributed by atoms with Crippen LogP contribution in [0.25, 0.3) is 0 Å². The van der Waals surface area contributed by atoms with Crippen LogP contribution in [0.15, 0.2) is 0 Å². The molecule has 0 amide bonds. The van der Waals surface area contributed by atoms with Crippen molar-refractivity contribution < 1.29 is 4.79 Å². The highest BCUT2D eigenvalue weighted by molar-refractivity contribution is 5.82. The number of hydrogen-bond donors (Lipinski definition) is 0. The molecule has 2 fully saturated rings. The molecule has 0 bridgehead atoms. The van der Waals surface area contributed by atoms with E-state index >= 15 is 0 Å². The van der Waals surface area contributed by atoms with Crippen LogP contribution < -0.4 is 0 Å². The van der Waals surface area contributed by atoms with Crippen molar-refractivity contribution in [3.05, 3.63) is 0 Å². The van der Waals surface area contributed by atoms with Gasteiger partial charge in [0, 0.05) is 44.1 Å². The molecule has 140 valence electrons. The second-order valence-electron chi connectivity index (χ2n) is 8.35. The van der Waals surface area contributed by atoms with Crippen molar-refractivity contribution in [1.29, 1.82) is 0 Å². The van der Waals surface area contributed by atoms with Crippen LogP contribution in [0.4, 0.5) is 0 Å². The number of rotatable bonds is 9. The Labute approximate surface area is 150 Å². The van der Waals surface area contributed by atoms with E-state index < -0.39 is 0 Å². The number of carbonyl (C=O) groups excluding carboxylic acids is 1. The summed E-state index contributed by atoms with van der Waals surface area (Å²) >= 11 is 0. The second kappa shape index (κ2) is 10.6. The van der Waals surface area contributed by atoms with Gasteiger partial charge in [-0.3, -0.25) is 9.69 Å². The van der Waals surface area contributed by atoms with Crippen LogP contribution in [-0.2, 0) is 4.79 Å². The highest BCUT2D eigenvalue weighted by atomic mass is 16.1. The van der Waals surface area contributed by atoms with Crippen LogP contribution in [0.2, 0.25) is 0 Å². The van der Waals surface area contributed by atoms with Crippen molar-refractivity contribution in [3.8, 4) is 0 Å². The van der Waals surface area contributed by atoms with E-state index in [1.54, 1.807) is 0 Å². The number of Topliss-reactive ketones (excluding diaryl/α,β-unsaturated/α-hetero) is 1. The molecule has 1 aliphatic carbocycles. The normalized spacial score (nSPS) is 26.8. The standard InChI is InChI=1S/C21H40N2O/c1-4-5-6-7-8-13-22-14-16-23(17-15-22)20-11-9-19(10-12-20)21(24)18(2)3/h18-20H,4-17H2,1-3H3. The Morgan fingerprint density at radius 3 is 2.12 bits per heavy atom. The number of piperazine rings is 1. The van der Waals surface area contributed by atoms with Crippen molar-refractivity contribution in [2.45, 2.75) is 84.6 Å². The fraction of sp³-hybridized carbons (Fsp3) is 0.952. The predicted octanol–water partition coefficient (Wildman–Crippen LogP) is 4.36. The zero-order chi connectivity index (χ0) is 17.4. The van der Waals surface area contributed by atoms with Gasteiger partial charge in [-0.05, 0) is 38.6 Å². The Balaban J connectivity index is 1.60. The summed E-state index contributed by atoms with van der Waals surface area (Å²) in [5.74, 6) is 1.07. The van der Waals surface area contributed by atoms with E-state index in [0.717, 1.165) is 18.9 Å². The van der Waals surface area contributed by atoms with E-state index in [1.807, 2.05) is 0 Å². The lowest BCUT2D eigenvalue weighted by atomic mass is 9.80. The summed E-state index contributed by atoms with van der Waals surface area (Å²) in [5.41, 5.74) is 0. The summed E-state index contributed by atoms with van der Waals surface area (Å²) in [7, 11) is 0. The van der Waals surface area contributed by atoms with Crippen molar-refractivity contribution in [3.63, 3.8) is 0 Å². The molecule has 1 heterocycles. The van der Waals surface area contributed by atoms with Crippen molar-refractivity contribution in [2.75, 3.05) is 32.7 Å². The van der Waals surface area contributed by atoms with Crippen LogP contribution in [0.5, 0.6) is 0 Å². The molecule has 0 N–H and O–H groups in total. The minimum atomic E-state index is 0.215. The van der Waals surface area contributed by atoms with Gasteiger partial charge in [-0.25, -0.2) is 0 Å². The zero-order valence-electron chi connectivity index (χ0n) is 16.4. The quantitative estimate of drug-likeness (QED) is 0.585. The van der Waals surface area contributed by atoms with Gasteiger partial charge < -0.3 is 4.90 Å². The van der Waals surface area contributed by atoms with E-state index in [4.69, 9.17) is 0 Å². The minimum Gasteiger partial charge on any atom is -0.301 e. The summed E-state index contributed by atoms with van der Waals surface area (Å²) in [4.78, 5) is 17.5. The van der Waals surface area contributed by atoms with Gasteiger partial charge in [-0.1, -0.05) is 46.5 Å². The highest BCUT2D eigenvalue weighted by Gasteiger charge is 2.31. The van der Waals surface area contributed by atoms with Crippen molar-refractivity contribution in [1.82, 2.24) is 9.80 Å². The molecule has 0 spiro atoms. The predicted molar refractivity (Wildman–Crippen MR) is 102 cm³/mol. The number of carbonyl (C=O) groups is 1. The summed E-state index contributed by atoms with van der Waals surface area (Å²) in [6.07, 6.45) is 11.7. The monoisotopic (exact) mass is 336 g/mol. The van der Waals surface area contributed by atoms with Gasteiger partial charge in [0.1, 0.15) is 5.78 Å². The Morgan fingerprint density at radius 2 is 1.54 bits per heavy atom. The molecule has 3 heteroatoms. The van der Waals surface area contributed by atoms with Gasteiger partial charge in [-0.15, -0.1) is 0 Å². The van der Waals surface area contributed by atoms with Gasteiger partial charge in [0.25, 0.3) is 0 Å². The lowest BCUT2D eigenvalue weighted by molar-refractivity contribution is -0.127. The van der Waals surface area contributed by atoms with Crippen LogP contribution in [0.1, 0.15) is 78.6 Å². The van der Waals surface area contributed by atoms with E-state index in [0.29, 0.717) is 11.7 Å². The van der Waals surface area contributed by atoms with E-state index in [9.17, 15) is 4.79 Å². The molecular weight excluding hydrogens is 296 g/mol. The maximum absolute atomic E-state index is 12.2. The fourth-order valence-electron chi connectivity index (χ4n) is 4.49. The first kappa shape index (κ1) is 19.9. The molecule has 3 nitrogen and oxygen atoms in total. The maximum Gasteiger partial charge on any atom is 0.138 e. The SMILES string of the molecule is CCCCCCCN1CCN(C2CCC(C(=O)C(C)C)CC2)CC1. The average Bonchev–Trinajstić information content (AvgIpc) is 2.61. The lowest BCUT2D eigenvalue weighted by Crippen LogP contribution is -2.51. The lowest BCUT2D eigenvalue weighted by Gasteiger charge is -2.42. The van der Waals surface area contributed by atoms with Gasteiger partial charge in [-0.2, -0.15) is 0 Å². The molecule has 0 aromatic carbocycles. The molecule has 0 radical (unpaired) electrons. The molecule has 2 rings (SSSR count). The third-order valence-electron chi connectivity index (χ3n) is 6.17. The van der Waals surface area contributed by atoms with Crippen molar-refractivity contribution in [2.24, 2.45) is 11.8 Å². The summed E-state index contributed by atoms with van der Waals surface area (Å²) < 4.78 is 0. The highest BCUT2D eigenvalue weighted by Crippen LogP contribution is 2.30. The summed E-state index contributed by atoms with van der Waals surface area (Å²) in [6.45, 7) is 12.7. The number of nitrogens with zero attached hydrogens (tertiary/aromatic N) is 2. The molecule has 0 unspecified atom stereocenters. The molecule has 0 aromatic heterocycles. The van der Waals surface area contributed by atoms with Crippen LogP contribution >= 0.6 is 0 Å². The Kier molecular flexibility index (Phi) is 8.75. The van der Waals surface area contributed by atoms with Gasteiger partial charge in [0.15, 0.2) is 0 Å². The maximum atomic E-state index is 12.2. The third kappa shape index (κ3) is 6.15. The van der Waals surface area contributed by atoms with E-state index in [-0.39, 0.29) is 5.92 Å². The van der Waals surface area contributed by atoms with Gasteiger partial charge >= 0.3 is 0 Å². The molecule has 1 saturated heterocycles. The summed E-state index contributed by atoms with van der Waals surface area (Å²) in [6, 6.07) is 0.743. The third-order valence-corrected chi connectivity index (χ3v) is 6.17. The summed E-state index contributed by atoms with van der Waals surface area (Å²) in [5, 5.41) is 0.